The monoisotopic (exact) mass is 208 g/mol. The summed E-state index contributed by atoms with van der Waals surface area (Å²) in [5.41, 5.74) is 7.34. The van der Waals surface area contributed by atoms with E-state index in [1.165, 1.54) is 0 Å². The van der Waals surface area contributed by atoms with Gasteiger partial charge in [0.05, 0.1) is 11.7 Å². The van der Waals surface area contributed by atoms with Gasteiger partial charge in [0.25, 0.3) is 0 Å². The molecule has 1 heterocycles. The molecule has 15 heavy (non-hydrogen) atoms. The number of pyridine rings is 1. The van der Waals surface area contributed by atoms with Crippen LogP contribution in [-0.2, 0) is 6.54 Å². The average Bonchev–Trinajstić information content (AvgIpc) is 2.25. The highest BCUT2D eigenvalue weighted by Crippen LogP contribution is 1.98. The Morgan fingerprint density at radius 1 is 1.67 bits per heavy atom. The second-order valence-electron chi connectivity index (χ2n) is 3.40. The third-order valence-corrected chi connectivity index (χ3v) is 2.09. The predicted molar refractivity (Wildman–Crippen MR) is 58.7 cm³/mol. The number of amidine groups is 1. The Labute approximate surface area is 89.0 Å². The number of oxime groups is 1. The van der Waals surface area contributed by atoms with Crippen LogP contribution in [0.25, 0.3) is 0 Å². The molecule has 1 aromatic rings. The minimum atomic E-state index is -0.169. The zero-order valence-electron chi connectivity index (χ0n) is 8.94. The van der Waals surface area contributed by atoms with Gasteiger partial charge >= 0.3 is 0 Å². The molecule has 0 saturated heterocycles. The van der Waals surface area contributed by atoms with Crippen molar-refractivity contribution in [2.75, 3.05) is 0 Å². The van der Waals surface area contributed by atoms with E-state index in [0.717, 1.165) is 11.4 Å². The number of nitrogens with one attached hydrogen (secondary N) is 1. The molecule has 0 amide bonds. The maximum atomic E-state index is 8.45. The van der Waals surface area contributed by atoms with Gasteiger partial charge in [0.15, 0.2) is 5.84 Å². The number of nitrogens with two attached hydrogens (primary N) is 1. The van der Waals surface area contributed by atoms with Crippen molar-refractivity contribution < 1.29 is 5.21 Å². The van der Waals surface area contributed by atoms with Crippen LogP contribution in [0, 0.1) is 6.92 Å². The Bertz CT molecular complexity index is 351. The lowest BCUT2D eigenvalue weighted by molar-refractivity contribution is 0.315. The third-order valence-electron chi connectivity index (χ3n) is 2.09. The van der Waals surface area contributed by atoms with Crippen molar-refractivity contribution in [3.8, 4) is 0 Å². The molecule has 1 unspecified atom stereocenters. The van der Waals surface area contributed by atoms with Crippen LogP contribution in [0.15, 0.2) is 23.4 Å². The molecule has 4 N–H and O–H groups in total. The highest BCUT2D eigenvalue weighted by atomic mass is 16.4. The van der Waals surface area contributed by atoms with Gasteiger partial charge in [-0.2, -0.15) is 0 Å². The van der Waals surface area contributed by atoms with E-state index in [0.29, 0.717) is 6.54 Å². The quantitative estimate of drug-likeness (QED) is 0.293. The summed E-state index contributed by atoms with van der Waals surface area (Å²) in [6.07, 6.45) is 0. The van der Waals surface area contributed by atoms with Gasteiger partial charge in [-0.3, -0.25) is 4.98 Å². The van der Waals surface area contributed by atoms with Gasteiger partial charge in [-0.15, -0.1) is 0 Å². The second-order valence-corrected chi connectivity index (χ2v) is 3.40. The van der Waals surface area contributed by atoms with Gasteiger partial charge < -0.3 is 16.3 Å². The van der Waals surface area contributed by atoms with Crippen molar-refractivity contribution >= 4 is 5.84 Å². The van der Waals surface area contributed by atoms with Crippen molar-refractivity contribution in [1.29, 1.82) is 0 Å². The first-order valence-electron chi connectivity index (χ1n) is 4.77. The molecule has 0 saturated carbocycles. The molecule has 0 aliphatic rings. The van der Waals surface area contributed by atoms with Crippen LogP contribution in [0.2, 0.25) is 0 Å². The minimum Gasteiger partial charge on any atom is -0.409 e. The fourth-order valence-corrected chi connectivity index (χ4v) is 1.15. The number of hydrogen-bond donors (Lipinski definition) is 3. The first-order valence-corrected chi connectivity index (χ1v) is 4.77. The van der Waals surface area contributed by atoms with Crippen LogP contribution >= 0.6 is 0 Å². The Morgan fingerprint density at radius 3 is 3.00 bits per heavy atom. The number of rotatable bonds is 4. The highest BCUT2D eigenvalue weighted by Gasteiger charge is 2.06. The Balaban J connectivity index is 2.50. The van der Waals surface area contributed by atoms with Crippen molar-refractivity contribution in [2.24, 2.45) is 10.9 Å². The molecule has 0 aliphatic carbocycles. The average molecular weight is 208 g/mol. The van der Waals surface area contributed by atoms with Crippen LogP contribution < -0.4 is 11.1 Å². The molecule has 0 aromatic carbocycles. The highest BCUT2D eigenvalue weighted by molar-refractivity contribution is 5.84. The molecule has 0 aliphatic heterocycles. The summed E-state index contributed by atoms with van der Waals surface area (Å²) in [6, 6.07) is 5.65. The SMILES string of the molecule is Cc1cccc(CNC(C)C(N)=NO)n1. The maximum absolute atomic E-state index is 8.45. The van der Waals surface area contributed by atoms with Crippen LogP contribution in [0.1, 0.15) is 18.3 Å². The molecule has 5 nitrogen and oxygen atoms in total. The summed E-state index contributed by atoms with van der Waals surface area (Å²) in [4.78, 5) is 4.32. The van der Waals surface area contributed by atoms with E-state index in [9.17, 15) is 0 Å². The maximum Gasteiger partial charge on any atom is 0.156 e. The molecule has 0 spiro atoms. The van der Waals surface area contributed by atoms with Crippen molar-refractivity contribution in [3.05, 3.63) is 29.6 Å². The fraction of sp³-hybridized carbons (Fsp3) is 0.400. The fourth-order valence-electron chi connectivity index (χ4n) is 1.15. The summed E-state index contributed by atoms with van der Waals surface area (Å²) < 4.78 is 0. The summed E-state index contributed by atoms with van der Waals surface area (Å²) in [5, 5.41) is 14.5. The van der Waals surface area contributed by atoms with Gasteiger partial charge in [0.2, 0.25) is 0 Å². The van der Waals surface area contributed by atoms with E-state index < -0.39 is 0 Å². The van der Waals surface area contributed by atoms with Crippen molar-refractivity contribution in [3.63, 3.8) is 0 Å². The Hall–Kier alpha value is -1.62. The lowest BCUT2D eigenvalue weighted by Gasteiger charge is -2.11. The first-order chi connectivity index (χ1) is 7.13. The number of hydrogen-bond acceptors (Lipinski definition) is 4. The van der Waals surface area contributed by atoms with Crippen LogP contribution in [0.5, 0.6) is 0 Å². The zero-order valence-corrected chi connectivity index (χ0v) is 8.94. The molecule has 5 heteroatoms. The van der Waals surface area contributed by atoms with Gasteiger partial charge in [0, 0.05) is 12.2 Å². The van der Waals surface area contributed by atoms with Crippen molar-refractivity contribution in [2.45, 2.75) is 26.4 Å². The molecule has 0 bridgehead atoms. The summed E-state index contributed by atoms with van der Waals surface area (Å²) in [7, 11) is 0. The van der Waals surface area contributed by atoms with Crippen molar-refractivity contribution in [1.82, 2.24) is 10.3 Å². The molecule has 1 atom stereocenters. The first kappa shape index (κ1) is 11.5. The van der Waals surface area contributed by atoms with E-state index in [2.05, 4.69) is 15.5 Å². The largest absolute Gasteiger partial charge is 0.409 e. The number of aromatic nitrogens is 1. The molecule has 0 fully saturated rings. The second kappa shape index (κ2) is 5.31. The lowest BCUT2D eigenvalue weighted by atomic mass is 10.2. The third kappa shape index (κ3) is 3.55. The van der Waals surface area contributed by atoms with Gasteiger partial charge in [-0.25, -0.2) is 0 Å². The predicted octanol–water partition coefficient (Wildman–Crippen LogP) is 0.615. The zero-order chi connectivity index (χ0) is 11.3. The smallest absolute Gasteiger partial charge is 0.156 e. The number of nitrogens with zero attached hydrogens (tertiary/aromatic N) is 2. The molecule has 82 valence electrons. The number of aryl methyl sites for hydroxylation is 1. The van der Waals surface area contributed by atoms with Crippen LogP contribution in [0.4, 0.5) is 0 Å². The normalized spacial score (nSPS) is 13.9. The Kier molecular flexibility index (Phi) is 4.05. The molecule has 1 rings (SSSR count). The van der Waals surface area contributed by atoms with E-state index in [1.54, 1.807) is 0 Å². The van der Waals surface area contributed by atoms with Gasteiger partial charge in [-0.05, 0) is 26.0 Å². The topological polar surface area (TPSA) is 83.5 Å². The van der Waals surface area contributed by atoms with Gasteiger partial charge in [0.1, 0.15) is 0 Å². The molecule has 0 radical (unpaired) electrons. The lowest BCUT2D eigenvalue weighted by Crippen LogP contribution is -2.38. The van der Waals surface area contributed by atoms with E-state index in [-0.39, 0.29) is 11.9 Å². The van der Waals surface area contributed by atoms with Crippen LogP contribution in [-0.4, -0.2) is 22.1 Å². The van der Waals surface area contributed by atoms with E-state index >= 15 is 0 Å². The Morgan fingerprint density at radius 2 is 2.40 bits per heavy atom. The molecule has 1 aromatic heterocycles. The van der Waals surface area contributed by atoms with E-state index in [1.807, 2.05) is 32.0 Å². The molecular formula is C10H16N4O. The minimum absolute atomic E-state index is 0.169. The summed E-state index contributed by atoms with van der Waals surface area (Å²) in [6.45, 7) is 4.36. The molecular weight excluding hydrogens is 192 g/mol. The summed E-state index contributed by atoms with van der Waals surface area (Å²) in [5.74, 6) is 0.169. The summed E-state index contributed by atoms with van der Waals surface area (Å²) >= 11 is 0. The van der Waals surface area contributed by atoms with Gasteiger partial charge in [-0.1, -0.05) is 11.2 Å². The standard InChI is InChI=1S/C10H16N4O/c1-7-4-3-5-9(13-7)6-12-8(2)10(11)14-15/h3-5,8,12,15H,6H2,1-2H3,(H2,11,14). The van der Waals surface area contributed by atoms with E-state index in [4.69, 9.17) is 10.9 Å². The van der Waals surface area contributed by atoms with Crippen LogP contribution in [0.3, 0.4) is 0 Å².